The zero-order chi connectivity index (χ0) is 24.9. The normalized spacial score (nSPS) is 15.8. The number of rotatable bonds is 4. The van der Waals surface area contributed by atoms with Gasteiger partial charge in [-0.05, 0) is 49.6 Å². The van der Waals surface area contributed by atoms with Crippen LogP contribution in [0.3, 0.4) is 0 Å². The number of aromatic hydroxyl groups is 1. The monoisotopic (exact) mass is 480 g/mol. The molecule has 1 saturated heterocycles. The van der Waals surface area contributed by atoms with E-state index >= 15 is 0 Å². The van der Waals surface area contributed by atoms with Crippen LogP contribution in [0.25, 0.3) is 11.3 Å². The Bertz CT molecular complexity index is 1390. The lowest BCUT2D eigenvalue weighted by Gasteiger charge is -2.29. The molecule has 1 aliphatic rings. The lowest BCUT2D eigenvalue weighted by Crippen LogP contribution is -2.35. The molecule has 182 valence electrons. The number of hydrogen-bond acceptors (Lipinski definition) is 8. The van der Waals surface area contributed by atoms with Crippen LogP contribution in [0.4, 0.5) is 17.2 Å². The van der Waals surface area contributed by atoms with Crippen LogP contribution in [0.15, 0.2) is 67.4 Å². The predicted octanol–water partition coefficient (Wildman–Crippen LogP) is 3.18. The van der Waals surface area contributed by atoms with E-state index in [4.69, 9.17) is 5.73 Å². The fourth-order valence-electron chi connectivity index (χ4n) is 4.42. The third kappa shape index (κ3) is 5.08. The Balaban J connectivity index is 1.33. The minimum Gasteiger partial charge on any atom is -0.507 e. The molecular formula is C27H28N8O. The van der Waals surface area contributed by atoms with Crippen LogP contribution in [-0.2, 0) is 6.54 Å². The van der Waals surface area contributed by atoms with Crippen LogP contribution >= 0.6 is 0 Å². The van der Waals surface area contributed by atoms with Gasteiger partial charge in [0, 0.05) is 55.5 Å². The van der Waals surface area contributed by atoms with Gasteiger partial charge in [0.2, 0.25) is 0 Å². The SMILES string of the molecule is CC1CCN(c2cc(-c3ccccc3O)nnc2N)CCN1c1ccnc(C#CCn2ccnc2)c1. The van der Waals surface area contributed by atoms with Crippen LogP contribution in [-0.4, -0.2) is 55.5 Å². The van der Waals surface area contributed by atoms with E-state index in [-0.39, 0.29) is 5.75 Å². The molecular weight excluding hydrogens is 452 g/mol. The van der Waals surface area contributed by atoms with Crippen molar-refractivity contribution in [2.24, 2.45) is 0 Å². The molecule has 0 aliphatic carbocycles. The Hall–Kier alpha value is -4.58. The van der Waals surface area contributed by atoms with E-state index in [1.165, 1.54) is 0 Å². The maximum atomic E-state index is 10.3. The third-order valence-electron chi connectivity index (χ3n) is 6.39. The molecule has 3 aromatic heterocycles. The molecule has 5 rings (SSSR count). The summed E-state index contributed by atoms with van der Waals surface area (Å²) >= 11 is 0. The number of nitrogens with zero attached hydrogens (tertiary/aromatic N) is 7. The number of hydrogen-bond donors (Lipinski definition) is 2. The van der Waals surface area contributed by atoms with Crippen molar-refractivity contribution in [3.05, 3.63) is 73.1 Å². The van der Waals surface area contributed by atoms with Gasteiger partial charge in [0.25, 0.3) is 0 Å². The zero-order valence-corrected chi connectivity index (χ0v) is 20.1. The summed E-state index contributed by atoms with van der Waals surface area (Å²) in [7, 11) is 0. The second-order valence-electron chi connectivity index (χ2n) is 8.77. The van der Waals surface area contributed by atoms with Crippen molar-refractivity contribution in [3.63, 3.8) is 0 Å². The van der Waals surface area contributed by atoms with Crippen molar-refractivity contribution in [2.75, 3.05) is 35.2 Å². The highest BCUT2D eigenvalue weighted by atomic mass is 16.3. The summed E-state index contributed by atoms with van der Waals surface area (Å²) in [5, 5.41) is 18.7. The second kappa shape index (κ2) is 10.4. The number of pyridine rings is 1. The first kappa shape index (κ1) is 23.2. The smallest absolute Gasteiger partial charge is 0.169 e. The van der Waals surface area contributed by atoms with Crippen molar-refractivity contribution in [2.45, 2.75) is 25.9 Å². The number of phenolic OH excluding ortho intramolecular Hbond substituents is 1. The van der Waals surface area contributed by atoms with E-state index in [0.717, 1.165) is 43.1 Å². The molecule has 0 spiro atoms. The molecule has 0 radical (unpaired) electrons. The van der Waals surface area contributed by atoms with Crippen molar-refractivity contribution in [1.82, 2.24) is 24.7 Å². The summed E-state index contributed by atoms with van der Waals surface area (Å²) in [4.78, 5) is 13.1. The number of aromatic nitrogens is 5. The van der Waals surface area contributed by atoms with Gasteiger partial charge in [-0.1, -0.05) is 18.1 Å². The Morgan fingerprint density at radius 3 is 2.81 bits per heavy atom. The summed E-state index contributed by atoms with van der Waals surface area (Å²) in [6, 6.07) is 13.4. The minimum absolute atomic E-state index is 0.166. The number of benzene rings is 1. The van der Waals surface area contributed by atoms with Crippen molar-refractivity contribution in [1.29, 1.82) is 0 Å². The molecule has 0 bridgehead atoms. The summed E-state index contributed by atoms with van der Waals surface area (Å²) in [6.45, 7) is 5.21. The largest absolute Gasteiger partial charge is 0.507 e. The number of anilines is 3. The highest BCUT2D eigenvalue weighted by molar-refractivity contribution is 5.74. The lowest BCUT2D eigenvalue weighted by molar-refractivity contribution is 0.477. The molecule has 36 heavy (non-hydrogen) atoms. The number of phenols is 1. The van der Waals surface area contributed by atoms with E-state index < -0.39 is 0 Å². The van der Waals surface area contributed by atoms with Crippen LogP contribution in [0.1, 0.15) is 19.0 Å². The van der Waals surface area contributed by atoms with Gasteiger partial charge in [0.05, 0.1) is 24.3 Å². The average Bonchev–Trinajstić information content (AvgIpc) is 3.33. The van der Waals surface area contributed by atoms with Gasteiger partial charge < -0.3 is 25.2 Å². The van der Waals surface area contributed by atoms with Crippen LogP contribution in [0, 0.1) is 11.8 Å². The standard InChI is InChI=1S/C27H28N8O/c1-20-9-13-34(25-18-24(31-32-27(25)28)23-6-2-3-7-26(23)36)15-16-35(20)22-8-10-30-21(17-22)5-4-12-33-14-11-29-19-33/h2-3,6-8,10-11,14,17-20,36H,9,12-13,15-16H2,1H3,(H2,28,32). The Morgan fingerprint density at radius 2 is 1.97 bits per heavy atom. The van der Waals surface area contributed by atoms with Crippen molar-refractivity contribution >= 4 is 17.2 Å². The summed E-state index contributed by atoms with van der Waals surface area (Å²) < 4.78 is 1.92. The quantitative estimate of drug-likeness (QED) is 0.429. The first-order valence-corrected chi connectivity index (χ1v) is 11.9. The van der Waals surface area contributed by atoms with E-state index in [1.807, 2.05) is 47.3 Å². The number of imidazole rings is 1. The zero-order valence-electron chi connectivity index (χ0n) is 20.1. The predicted molar refractivity (Wildman–Crippen MR) is 141 cm³/mol. The fourth-order valence-corrected chi connectivity index (χ4v) is 4.42. The maximum Gasteiger partial charge on any atom is 0.169 e. The summed E-state index contributed by atoms with van der Waals surface area (Å²) in [5.74, 6) is 6.87. The number of nitrogen functional groups attached to an aromatic ring is 1. The first-order valence-electron chi connectivity index (χ1n) is 11.9. The topological polar surface area (TPSA) is 109 Å². The summed E-state index contributed by atoms with van der Waals surface area (Å²) in [6.07, 6.45) is 8.14. The Labute approximate surface area is 210 Å². The van der Waals surface area contributed by atoms with E-state index in [0.29, 0.717) is 29.7 Å². The average molecular weight is 481 g/mol. The molecule has 0 saturated carbocycles. The molecule has 9 heteroatoms. The van der Waals surface area contributed by atoms with Crippen molar-refractivity contribution in [3.8, 4) is 28.8 Å². The highest BCUT2D eigenvalue weighted by Crippen LogP contribution is 2.32. The van der Waals surface area contributed by atoms with Gasteiger partial charge in [0.15, 0.2) is 5.82 Å². The molecule has 1 aliphatic heterocycles. The van der Waals surface area contributed by atoms with Crippen LogP contribution in [0.5, 0.6) is 5.75 Å². The highest BCUT2D eigenvalue weighted by Gasteiger charge is 2.24. The van der Waals surface area contributed by atoms with Crippen LogP contribution < -0.4 is 15.5 Å². The van der Waals surface area contributed by atoms with Crippen molar-refractivity contribution < 1.29 is 5.11 Å². The fraction of sp³-hybridized carbons (Fsp3) is 0.259. The van der Waals surface area contributed by atoms with Gasteiger partial charge in [0.1, 0.15) is 11.4 Å². The number of nitrogens with two attached hydrogens (primary N) is 1. The van der Waals surface area contributed by atoms with Crippen LogP contribution in [0.2, 0.25) is 0 Å². The molecule has 1 atom stereocenters. The maximum absolute atomic E-state index is 10.3. The van der Waals surface area contributed by atoms with E-state index in [1.54, 1.807) is 24.7 Å². The third-order valence-corrected chi connectivity index (χ3v) is 6.39. The minimum atomic E-state index is 0.166. The Kier molecular flexibility index (Phi) is 6.67. The van der Waals surface area contributed by atoms with Gasteiger partial charge in [-0.2, -0.15) is 0 Å². The van der Waals surface area contributed by atoms with E-state index in [9.17, 15) is 5.11 Å². The van der Waals surface area contributed by atoms with Gasteiger partial charge in [-0.3, -0.25) is 0 Å². The second-order valence-corrected chi connectivity index (χ2v) is 8.77. The Morgan fingerprint density at radius 1 is 1.08 bits per heavy atom. The molecule has 0 amide bonds. The summed E-state index contributed by atoms with van der Waals surface area (Å²) in [5.41, 5.74) is 10.2. The van der Waals surface area contributed by atoms with E-state index in [2.05, 4.69) is 48.7 Å². The molecule has 1 aromatic carbocycles. The molecule has 4 heterocycles. The van der Waals surface area contributed by atoms with Gasteiger partial charge in [-0.15, -0.1) is 10.2 Å². The first-order chi connectivity index (χ1) is 17.6. The van der Waals surface area contributed by atoms with Gasteiger partial charge in [-0.25, -0.2) is 9.97 Å². The lowest BCUT2D eigenvalue weighted by atomic mass is 10.1. The molecule has 1 unspecified atom stereocenters. The van der Waals surface area contributed by atoms with Gasteiger partial charge >= 0.3 is 0 Å². The molecule has 9 nitrogen and oxygen atoms in total. The molecule has 4 aromatic rings. The number of para-hydroxylation sites is 1. The molecule has 3 N–H and O–H groups in total. The molecule has 1 fully saturated rings.